The number of aliphatic imine (C=N–C) groups is 1. The normalized spacial score (nSPS) is 12.6. The molecule has 0 aliphatic carbocycles. The molecule has 1 heterocycles. The highest BCUT2D eigenvalue weighted by molar-refractivity contribution is 7.13. The van der Waals surface area contributed by atoms with Gasteiger partial charge in [0.15, 0.2) is 17.6 Å². The molecule has 2 N–H and O–H groups in total. The molecule has 1 atom stereocenters. The van der Waals surface area contributed by atoms with Crippen LogP contribution >= 0.6 is 11.3 Å². The Morgan fingerprint density at radius 2 is 2.14 bits per heavy atom. The summed E-state index contributed by atoms with van der Waals surface area (Å²) in [5, 5.41) is 6.96. The molecule has 2 aromatic rings. The quantitative estimate of drug-likeness (QED) is 0.416. The van der Waals surface area contributed by atoms with E-state index in [-0.39, 0.29) is 12.0 Å². The van der Waals surface area contributed by atoms with Crippen LogP contribution in [0.25, 0.3) is 0 Å². The van der Waals surface area contributed by atoms with Gasteiger partial charge in [0, 0.05) is 13.6 Å². The van der Waals surface area contributed by atoms with Crippen molar-refractivity contribution in [3.05, 3.63) is 51.0 Å². The first kappa shape index (κ1) is 21.7. The zero-order chi connectivity index (χ0) is 20.7. The molecule has 0 aliphatic rings. The van der Waals surface area contributed by atoms with Gasteiger partial charge in [-0.3, -0.25) is 4.99 Å². The average molecular weight is 410 g/mol. The Labute approximate surface area is 167 Å². The fourth-order valence-electron chi connectivity index (χ4n) is 2.51. The van der Waals surface area contributed by atoms with Crippen LogP contribution < -0.4 is 10.6 Å². The predicted octanol–water partition coefficient (Wildman–Crippen LogP) is 3.38. The molecule has 0 spiro atoms. The molecule has 152 valence electrons. The van der Waals surface area contributed by atoms with E-state index in [2.05, 4.69) is 20.6 Å². The number of rotatable bonds is 7. The van der Waals surface area contributed by atoms with E-state index in [1.54, 1.807) is 27.0 Å². The van der Waals surface area contributed by atoms with Crippen LogP contribution in [0.4, 0.5) is 8.78 Å². The van der Waals surface area contributed by atoms with E-state index < -0.39 is 11.6 Å². The van der Waals surface area contributed by atoms with Gasteiger partial charge < -0.3 is 15.4 Å². The molecule has 2 rings (SSSR count). The molecular formula is C19H24F2N4O2S. The van der Waals surface area contributed by atoms with Crippen molar-refractivity contribution in [1.82, 2.24) is 15.6 Å². The number of hydrogen-bond acceptors (Lipinski definition) is 5. The zero-order valence-electron chi connectivity index (χ0n) is 16.3. The molecule has 0 fully saturated rings. The molecule has 6 nitrogen and oxygen atoms in total. The minimum Gasteiger partial charge on any atom is -0.462 e. The van der Waals surface area contributed by atoms with Crippen LogP contribution in [0.5, 0.6) is 0 Å². The Morgan fingerprint density at radius 1 is 1.39 bits per heavy atom. The summed E-state index contributed by atoms with van der Waals surface area (Å²) < 4.78 is 32.0. The second-order valence-electron chi connectivity index (χ2n) is 6.02. The lowest BCUT2D eigenvalue weighted by atomic mass is 10.1. The van der Waals surface area contributed by atoms with E-state index in [0.29, 0.717) is 41.7 Å². The van der Waals surface area contributed by atoms with Gasteiger partial charge in [-0.25, -0.2) is 18.6 Å². The second-order valence-corrected chi connectivity index (χ2v) is 7.05. The van der Waals surface area contributed by atoms with Crippen molar-refractivity contribution in [1.29, 1.82) is 0 Å². The third kappa shape index (κ3) is 5.48. The minimum atomic E-state index is -0.856. The molecular weight excluding hydrogens is 386 g/mol. The summed E-state index contributed by atoms with van der Waals surface area (Å²) >= 11 is 1.27. The van der Waals surface area contributed by atoms with Gasteiger partial charge >= 0.3 is 5.97 Å². The van der Waals surface area contributed by atoms with E-state index in [0.717, 1.165) is 11.1 Å². The van der Waals surface area contributed by atoms with Gasteiger partial charge in [-0.2, -0.15) is 0 Å². The lowest BCUT2D eigenvalue weighted by Crippen LogP contribution is -2.39. The van der Waals surface area contributed by atoms with Gasteiger partial charge in [0.1, 0.15) is 9.88 Å². The zero-order valence-corrected chi connectivity index (χ0v) is 17.1. The van der Waals surface area contributed by atoms with Gasteiger partial charge in [-0.1, -0.05) is 12.1 Å². The number of halogens is 2. The summed E-state index contributed by atoms with van der Waals surface area (Å²) in [6, 6.07) is 3.92. The Bertz CT molecular complexity index is 854. The van der Waals surface area contributed by atoms with Crippen LogP contribution in [0.3, 0.4) is 0 Å². The van der Waals surface area contributed by atoms with E-state index in [1.165, 1.54) is 17.4 Å². The van der Waals surface area contributed by atoms with Gasteiger partial charge in [0.2, 0.25) is 0 Å². The van der Waals surface area contributed by atoms with Crippen LogP contribution in [-0.2, 0) is 11.2 Å². The average Bonchev–Trinajstić information content (AvgIpc) is 3.06. The highest BCUT2D eigenvalue weighted by Crippen LogP contribution is 2.24. The highest BCUT2D eigenvalue weighted by Gasteiger charge is 2.20. The predicted molar refractivity (Wildman–Crippen MR) is 106 cm³/mol. The lowest BCUT2D eigenvalue weighted by Gasteiger charge is -2.16. The molecule has 0 amide bonds. The summed E-state index contributed by atoms with van der Waals surface area (Å²) in [6.45, 7) is 6.09. The van der Waals surface area contributed by atoms with Crippen molar-refractivity contribution >= 4 is 23.3 Å². The molecule has 1 aromatic heterocycles. The first-order valence-electron chi connectivity index (χ1n) is 8.91. The van der Waals surface area contributed by atoms with Gasteiger partial charge in [-0.05, 0) is 38.8 Å². The molecule has 9 heteroatoms. The molecule has 0 aliphatic heterocycles. The van der Waals surface area contributed by atoms with Gasteiger partial charge in [-0.15, -0.1) is 11.3 Å². The first-order valence-corrected chi connectivity index (χ1v) is 9.73. The number of ether oxygens (including phenoxy) is 1. The number of aromatic nitrogens is 1. The number of thiazole rings is 1. The second kappa shape index (κ2) is 10.1. The van der Waals surface area contributed by atoms with Crippen LogP contribution in [0.1, 0.15) is 45.8 Å². The number of hydrogen-bond donors (Lipinski definition) is 2. The third-order valence-electron chi connectivity index (χ3n) is 3.94. The lowest BCUT2D eigenvalue weighted by molar-refractivity contribution is 0.0531. The highest BCUT2D eigenvalue weighted by atomic mass is 32.1. The fraction of sp³-hybridized carbons (Fsp3) is 0.421. The maximum absolute atomic E-state index is 13.7. The largest absolute Gasteiger partial charge is 0.462 e. The number of benzene rings is 1. The van der Waals surface area contributed by atoms with Crippen molar-refractivity contribution < 1.29 is 18.3 Å². The molecule has 0 bridgehead atoms. The third-order valence-corrected chi connectivity index (χ3v) is 5.26. The van der Waals surface area contributed by atoms with Crippen LogP contribution in [-0.4, -0.2) is 37.1 Å². The van der Waals surface area contributed by atoms with Crippen LogP contribution in [0.2, 0.25) is 0 Å². The van der Waals surface area contributed by atoms with Crippen molar-refractivity contribution in [3.8, 4) is 0 Å². The van der Waals surface area contributed by atoms with Crippen molar-refractivity contribution in [2.45, 2.75) is 33.2 Å². The Hall–Kier alpha value is -2.55. The Balaban J connectivity index is 1.94. The number of nitrogens with one attached hydrogen (secondary N) is 2. The molecule has 1 aromatic carbocycles. The first-order chi connectivity index (χ1) is 13.4. The van der Waals surface area contributed by atoms with Crippen molar-refractivity contribution in [2.24, 2.45) is 4.99 Å². The SMILES string of the molecule is CCOC(=O)c1sc(C(C)NC(=NC)NCCc2cccc(F)c2F)nc1C. The maximum Gasteiger partial charge on any atom is 0.350 e. The number of guanidine groups is 1. The van der Waals surface area contributed by atoms with Crippen molar-refractivity contribution in [3.63, 3.8) is 0 Å². The summed E-state index contributed by atoms with van der Waals surface area (Å²) in [4.78, 5) is 21.0. The van der Waals surface area contributed by atoms with Crippen molar-refractivity contribution in [2.75, 3.05) is 20.2 Å². The molecule has 28 heavy (non-hydrogen) atoms. The van der Waals surface area contributed by atoms with E-state index in [9.17, 15) is 13.6 Å². The van der Waals surface area contributed by atoms with E-state index in [4.69, 9.17) is 4.74 Å². The summed E-state index contributed by atoms with van der Waals surface area (Å²) in [5.41, 5.74) is 0.919. The summed E-state index contributed by atoms with van der Waals surface area (Å²) in [7, 11) is 1.61. The van der Waals surface area contributed by atoms with E-state index in [1.807, 2.05) is 6.92 Å². The molecule has 1 unspecified atom stereocenters. The molecule has 0 saturated heterocycles. The topological polar surface area (TPSA) is 75.6 Å². The van der Waals surface area contributed by atoms with Gasteiger partial charge in [0.05, 0.1) is 18.3 Å². The van der Waals surface area contributed by atoms with Crippen LogP contribution in [0.15, 0.2) is 23.2 Å². The summed E-state index contributed by atoms with van der Waals surface area (Å²) in [6.07, 6.45) is 0.308. The number of carbonyl (C=O) groups excluding carboxylic acids is 1. The monoisotopic (exact) mass is 410 g/mol. The molecule has 0 radical (unpaired) electrons. The van der Waals surface area contributed by atoms with E-state index >= 15 is 0 Å². The smallest absolute Gasteiger partial charge is 0.350 e. The number of aryl methyl sites for hydroxylation is 1. The number of nitrogens with zero attached hydrogens (tertiary/aromatic N) is 2. The molecule has 0 saturated carbocycles. The van der Waals surface area contributed by atoms with Crippen LogP contribution in [0, 0.1) is 18.6 Å². The Kier molecular flexibility index (Phi) is 7.86. The van der Waals surface area contributed by atoms with Gasteiger partial charge in [0.25, 0.3) is 0 Å². The number of carbonyl (C=O) groups is 1. The Morgan fingerprint density at radius 3 is 2.82 bits per heavy atom. The standard InChI is InChI=1S/C19H24F2N4O2S/c1-5-27-18(26)16-11(2)24-17(28-16)12(3)25-19(22-4)23-10-9-13-7-6-8-14(20)15(13)21/h6-8,12H,5,9-10H2,1-4H3,(H2,22,23,25). The summed E-state index contributed by atoms with van der Waals surface area (Å²) in [5.74, 6) is -1.57. The number of esters is 1. The maximum atomic E-state index is 13.7. The minimum absolute atomic E-state index is 0.205. The fourth-order valence-corrected chi connectivity index (χ4v) is 3.47.